The maximum atomic E-state index is 13.1. The molecule has 1 saturated carbocycles. The standard InChI is InChI=1S/C24H28N4O2S/c29-23(27-24-25-11-14-31-24)19-15-21(26-20-10-6-5-9-18(19)20)22-16-28(12-13-30-22)17-7-3-1-2-4-8-17/h5-6,9-11,14-15,17,22H,1-4,7-8,12-13,16H2,(H,25,27,29)/t22-/m0/s1. The topological polar surface area (TPSA) is 67.4 Å². The number of aromatic nitrogens is 2. The van der Waals surface area contributed by atoms with Crippen LogP contribution < -0.4 is 5.32 Å². The Bertz CT molecular complexity index is 1030. The van der Waals surface area contributed by atoms with E-state index in [1.807, 2.05) is 35.7 Å². The molecule has 6 nitrogen and oxygen atoms in total. The Kier molecular flexibility index (Phi) is 6.25. The van der Waals surface area contributed by atoms with E-state index in [1.54, 1.807) is 6.20 Å². The molecule has 3 aromatic rings. The summed E-state index contributed by atoms with van der Waals surface area (Å²) >= 11 is 1.41. The molecule has 5 rings (SSSR count). The van der Waals surface area contributed by atoms with Crippen molar-refractivity contribution in [1.82, 2.24) is 14.9 Å². The van der Waals surface area contributed by atoms with Crippen LogP contribution >= 0.6 is 11.3 Å². The number of para-hydroxylation sites is 1. The van der Waals surface area contributed by atoms with Crippen molar-refractivity contribution in [1.29, 1.82) is 0 Å². The second kappa shape index (κ2) is 9.42. The molecule has 2 aromatic heterocycles. The number of nitrogens with zero attached hydrogens (tertiary/aromatic N) is 3. The van der Waals surface area contributed by atoms with E-state index >= 15 is 0 Å². The van der Waals surface area contributed by atoms with Gasteiger partial charge in [0.15, 0.2) is 5.13 Å². The van der Waals surface area contributed by atoms with Crippen LogP contribution in [0.25, 0.3) is 10.9 Å². The molecule has 1 atom stereocenters. The zero-order valence-electron chi connectivity index (χ0n) is 17.6. The van der Waals surface area contributed by atoms with Crippen LogP contribution in [0.4, 0.5) is 5.13 Å². The molecule has 1 saturated heterocycles. The summed E-state index contributed by atoms with van der Waals surface area (Å²) < 4.78 is 6.16. The van der Waals surface area contributed by atoms with Crippen molar-refractivity contribution in [2.75, 3.05) is 25.0 Å². The number of rotatable bonds is 4. The van der Waals surface area contributed by atoms with Gasteiger partial charge in [0.1, 0.15) is 6.10 Å². The SMILES string of the molecule is O=C(Nc1nccs1)c1cc([C@@H]2CN(C3CCCCCC3)CCO2)nc2ccccc12. The summed E-state index contributed by atoms with van der Waals surface area (Å²) in [4.78, 5) is 24.8. The Morgan fingerprint density at radius 2 is 2.00 bits per heavy atom. The summed E-state index contributed by atoms with van der Waals surface area (Å²) in [5.41, 5.74) is 2.27. The summed E-state index contributed by atoms with van der Waals surface area (Å²) in [6.07, 6.45) is 9.48. The van der Waals surface area contributed by atoms with Crippen LogP contribution in [-0.4, -0.2) is 46.5 Å². The molecular weight excluding hydrogens is 408 g/mol. The lowest BCUT2D eigenvalue weighted by molar-refractivity contribution is -0.0487. The lowest BCUT2D eigenvalue weighted by atomic mass is 10.0. The number of pyridine rings is 1. The van der Waals surface area contributed by atoms with E-state index in [0.717, 1.165) is 29.7 Å². The van der Waals surface area contributed by atoms with E-state index in [-0.39, 0.29) is 12.0 Å². The van der Waals surface area contributed by atoms with Gasteiger partial charge in [0.05, 0.1) is 23.4 Å². The van der Waals surface area contributed by atoms with E-state index in [2.05, 4.69) is 15.2 Å². The highest BCUT2D eigenvalue weighted by molar-refractivity contribution is 7.13. The van der Waals surface area contributed by atoms with Crippen molar-refractivity contribution in [3.8, 4) is 0 Å². The number of nitrogens with one attached hydrogen (secondary N) is 1. The van der Waals surface area contributed by atoms with Crippen molar-refractivity contribution in [2.45, 2.75) is 50.7 Å². The largest absolute Gasteiger partial charge is 0.369 e. The van der Waals surface area contributed by atoms with Crippen LogP contribution in [0.1, 0.15) is 60.7 Å². The molecule has 31 heavy (non-hydrogen) atoms. The fraction of sp³-hybridized carbons (Fsp3) is 0.458. The third kappa shape index (κ3) is 4.63. The van der Waals surface area contributed by atoms with Gasteiger partial charge in [-0.05, 0) is 25.0 Å². The molecule has 1 aliphatic heterocycles. The second-order valence-electron chi connectivity index (χ2n) is 8.40. The highest BCUT2D eigenvalue weighted by Gasteiger charge is 2.29. The molecule has 1 N–H and O–H groups in total. The minimum absolute atomic E-state index is 0.118. The normalized spacial score (nSPS) is 21.1. The number of morpholine rings is 1. The minimum atomic E-state index is -0.161. The molecule has 3 heterocycles. The number of carbonyl (C=O) groups excluding carboxylic acids is 1. The highest BCUT2D eigenvalue weighted by Crippen LogP contribution is 2.30. The number of hydrogen-bond acceptors (Lipinski definition) is 6. The molecular formula is C24H28N4O2S. The van der Waals surface area contributed by atoms with Crippen molar-refractivity contribution in [3.63, 3.8) is 0 Å². The molecule has 2 fully saturated rings. The zero-order valence-corrected chi connectivity index (χ0v) is 18.4. The molecule has 2 aliphatic rings. The van der Waals surface area contributed by atoms with Crippen molar-refractivity contribution in [2.24, 2.45) is 0 Å². The van der Waals surface area contributed by atoms with Crippen molar-refractivity contribution < 1.29 is 9.53 Å². The molecule has 7 heteroatoms. The van der Waals surface area contributed by atoms with Gasteiger partial charge in [0.2, 0.25) is 0 Å². The molecule has 0 radical (unpaired) electrons. The third-order valence-corrected chi connectivity index (χ3v) is 7.09. The average molecular weight is 437 g/mol. The van der Waals surface area contributed by atoms with Gasteiger partial charge >= 0.3 is 0 Å². The number of anilines is 1. The number of amides is 1. The molecule has 162 valence electrons. The number of hydrogen-bond donors (Lipinski definition) is 1. The van der Waals surface area contributed by atoms with Crippen LogP contribution in [0, 0.1) is 0 Å². The number of carbonyl (C=O) groups is 1. The smallest absolute Gasteiger partial charge is 0.258 e. The second-order valence-corrected chi connectivity index (χ2v) is 9.30. The lowest BCUT2D eigenvalue weighted by Crippen LogP contribution is -2.44. The number of benzene rings is 1. The van der Waals surface area contributed by atoms with E-state index < -0.39 is 0 Å². The third-order valence-electron chi connectivity index (χ3n) is 6.40. The Balaban J connectivity index is 1.43. The Morgan fingerprint density at radius 3 is 2.81 bits per heavy atom. The van der Waals surface area contributed by atoms with Gasteiger partial charge < -0.3 is 4.74 Å². The summed E-state index contributed by atoms with van der Waals surface area (Å²) in [6.45, 7) is 2.52. The highest BCUT2D eigenvalue weighted by atomic mass is 32.1. The first-order chi connectivity index (χ1) is 15.3. The van der Waals surface area contributed by atoms with Crippen LogP contribution in [0.5, 0.6) is 0 Å². The molecule has 0 bridgehead atoms. The van der Waals surface area contributed by atoms with Crippen LogP contribution in [0.3, 0.4) is 0 Å². The summed E-state index contributed by atoms with van der Waals surface area (Å²) in [6, 6.07) is 10.4. The Hall–Kier alpha value is -2.35. The monoisotopic (exact) mass is 436 g/mol. The molecule has 1 amide bonds. The summed E-state index contributed by atoms with van der Waals surface area (Å²) in [7, 11) is 0. The predicted molar refractivity (Wildman–Crippen MR) is 124 cm³/mol. The van der Waals surface area contributed by atoms with E-state index in [9.17, 15) is 4.79 Å². The maximum absolute atomic E-state index is 13.1. The van der Waals surface area contributed by atoms with E-state index in [1.165, 1.54) is 49.9 Å². The predicted octanol–water partition coefficient (Wildman–Crippen LogP) is 5.04. The van der Waals surface area contributed by atoms with Crippen molar-refractivity contribution in [3.05, 3.63) is 53.2 Å². The van der Waals surface area contributed by atoms with Crippen molar-refractivity contribution >= 4 is 33.3 Å². The summed E-state index contributed by atoms with van der Waals surface area (Å²) in [5.74, 6) is -0.161. The van der Waals surface area contributed by atoms with Gasteiger partial charge in [-0.25, -0.2) is 9.97 Å². The van der Waals surface area contributed by atoms with Gasteiger partial charge in [0.25, 0.3) is 5.91 Å². The zero-order chi connectivity index (χ0) is 21.0. The molecule has 0 spiro atoms. The molecule has 1 aliphatic carbocycles. The number of ether oxygens (including phenoxy) is 1. The van der Waals surface area contributed by atoms with Gasteiger partial charge in [-0.15, -0.1) is 11.3 Å². The van der Waals surface area contributed by atoms with E-state index in [4.69, 9.17) is 9.72 Å². The van der Waals surface area contributed by atoms with Gasteiger partial charge in [-0.1, -0.05) is 43.9 Å². The molecule has 0 unspecified atom stereocenters. The van der Waals surface area contributed by atoms with Crippen LogP contribution in [-0.2, 0) is 4.74 Å². The van der Waals surface area contributed by atoms with Gasteiger partial charge in [-0.2, -0.15) is 0 Å². The molecule has 1 aromatic carbocycles. The average Bonchev–Trinajstić information content (AvgIpc) is 3.17. The quantitative estimate of drug-likeness (QED) is 0.581. The first kappa shape index (κ1) is 20.5. The minimum Gasteiger partial charge on any atom is -0.369 e. The Labute approximate surface area is 186 Å². The maximum Gasteiger partial charge on any atom is 0.258 e. The van der Waals surface area contributed by atoms with Crippen LogP contribution in [0.15, 0.2) is 41.9 Å². The van der Waals surface area contributed by atoms with Crippen LogP contribution in [0.2, 0.25) is 0 Å². The Morgan fingerprint density at radius 1 is 1.16 bits per heavy atom. The fourth-order valence-corrected chi connectivity index (χ4v) is 5.32. The fourth-order valence-electron chi connectivity index (χ4n) is 4.80. The number of fused-ring (bicyclic) bond motifs is 1. The van der Waals surface area contributed by atoms with Gasteiger partial charge in [-0.3, -0.25) is 15.0 Å². The van der Waals surface area contributed by atoms with Gasteiger partial charge in [0, 0.05) is 36.1 Å². The number of thiazole rings is 1. The lowest BCUT2D eigenvalue weighted by Gasteiger charge is -2.38. The first-order valence-electron chi connectivity index (χ1n) is 11.2. The van der Waals surface area contributed by atoms with E-state index in [0.29, 0.717) is 23.3 Å². The summed E-state index contributed by atoms with van der Waals surface area (Å²) in [5, 5.41) is 6.21. The first-order valence-corrected chi connectivity index (χ1v) is 12.1.